The van der Waals surface area contributed by atoms with Crippen LogP contribution in [0.25, 0.3) is 0 Å². The van der Waals surface area contributed by atoms with E-state index in [4.69, 9.17) is 0 Å². The molecule has 1 aliphatic carbocycles. The normalized spacial score (nSPS) is 36.9. The molecule has 1 aliphatic heterocycles. The van der Waals surface area contributed by atoms with Crippen LogP contribution in [0.4, 0.5) is 0 Å². The smallest absolute Gasteiger partial charge is 0.141 e. The fraction of sp³-hybridized carbons (Fsp3) is 0.900. The van der Waals surface area contributed by atoms with Gasteiger partial charge in [0.15, 0.2) is 0 Å². The van der Waals surface area contributed by atoms with Crippen LogP contribution in [0.5, 0.6) is 0 Å². The maximum absolute atomic E-state index is 11.6. The molecule has 2 rings (SSSR count). The molecule has 0 N–H and O–H groups in total. The number of Topliss-reactive ketones (excluding diaryl/α,β-unsaturated/α-hetero) is 1. The number of fused-ring (bicyclic) bond motifs is 2. The molecule has 2 nitrogen and oxygen atoms in total. The van der Waals surface area contributed by atoms with Gasteiger partial charge in [-0.05, 0) is 19.4 Å². The lowest BCUT2D eigenvalue weighted by molar-refractivity contribution is -0.134. The molecule has 0 aromatic heterocycles. The third-order valence-corrected chi connectivity index (χ3v) is 3.31. The van der Waals surface area contributed by atoms with Crippen molar-refractivity contribution in [1.82, 2.24) is 4.90 Å². The van der Waals surface area contributed by atoms with Gasteiger partial charge < -0.3 is 4.90 Å². The average molecular weight is 167 g/mol. The van der Waals surface area contributed by atoms with Gasteiger partial charge >= 0.3 is 0 Å². The Kier molecular flexibility index (Phi) is 2.18. The van der Waals surface area contributed by atoms with E-state index in [0.29, 0.717) is 17.6 Å². The Hall–Kier alpha value is -0.370. The van der Waals surface area contributed by atoms with Crippen molar-refractivity contribution in [1.29, 1.82) is 0 Å². The molecule has 1 saturated heterocycles. The number of likely N-dealkylation sites (tertiary alicyclic amines) is 1. The van der Waals surface area contributed by atoms with Crippen molar-refractivity contribution < 1.29 is 4.79 Å². The molecule has 2 atom stereocenters. The number of ketones is 1. The second-order valence-corrected chi connectivity index (χ2v) is 4.08. The number of carbonyl (C=O) groups is 1. The van der Waals surface area contributed by atoms with Gasteiger partial charge in [-0.3, -0.25) is 4.79 Å². The van der Waals surface area contributed by atoms with E-state index in [9.17, 15) is 4.79 Å². The lowest BCUT2D eigenvalue weighted by Gasteiger charge is -2.39. The summed E-state index contributed by atoms with van der Waals surface area (Å²) in [5, 5.41) is 0. The molecule has 0 amide bonds. The number of carbonyl (C=O) groups excluding carboxylic acids is 1. The molecule has 1 saturated carbocycles. The van der Waals surface area contributed by atoms with Crippen molar-refractivity contribution in [3.63, 3.8) is 0 Å². The number of hydrogen-bond donors (Lipinski definition) is 0. The summed E-state index contributed by atoms with van der Waals surface area (Å²) < 4.78 is 0. The molecule has 0 aromatic rings. The van der Waals surface area contributed by atoms with Gasteiger partial charge in [0.05, 0.1) is 0 Å². The Morgan fingerprint density at radius 1 is 1.33 bits per heavy atom. The van der Waals surface area contributed by atoms with Gasteiger partial charge in [-0.25, -0.2) is 0 Å². The molecule has 2 fully saturated rings. The van der Waals surface area contributed by atoms with Crippen molar-refractivity contribution in [3.8, 4) is 0 Å². The summed E-state index contributed by atoms with van der Waals surface area (Å²) in [6.07, 6.45) is 3.57. The highest BCUT2D eigenvalue weighted by atomic mass is 16.1. The zero-order valence-corrected chi connectivity index (χ0v) is 7.75. The largest absolute Gasteiger partial charge is 0.302 e. The minimum atomic E-state index is 0.387. The van der Waals surface area contributed by atoms with Crippen molar-refractivity contribution in [2.75, 3.05) is 19.6 Å². The summed E-state index contributed by atoms with van der Waals surface area (Å²) in [5.41, 5.74) is 0. The zero-order valence-electron chi connectivity index (χ0n) is 7.75. The fourth-order valence-electron chi connectivity index (χ4n) is 2.55. The van der Waals surface area contributed by atoms with Gasteiger partial charge in [-0.15, -0.1) is 0 Å². The molecule has 2 unspecified atom stereocenters. The van der Waals surface area contributed by atoms with Crippen LogP contribution in [0.3, 0.4) is 0 Å². The molecule has 1 heterocycles. The maximum Gasteiger partial charge on any atom is 0.141 e. The maximum atomic E-state index is 11.6. The predicted molar refractivity (Wildman–Crippen MR) is 48.0 cm³/mol. The van der Waals surface area contributed by atoms with Crippen LogP contribution < -0.4 is 0 Å². The SMILES string of the molecule is CCN1CC2CCCC(C1)C2=O. The van der Waals surface area contributed by atoms with Gasteiger partial charge in [0.1, 0.15) is 5.78 Å². The Morgan fingerprint density at radius 2 is 1.92 bits per heavy atom. The quantitative estimate of drug-likeness (QED) is 0.587. The van der Waals surface area contributed by atoms with Crippen molar-refractivity contribution in [2.45, 2.75) is 26.2 Å². The topological polar surface area (TPSA) is 20.3 Å². The van der Waals surface area contributed by atoms with E-state index in [1.807, 2.05) is 0 Å². The van der Waals surface area contributed by atoms with Crippen LogP contribution in [0.2, 0.25) is 0 Å². The Balaban J connectivity index is 2.07. The van der Waals surface area contributed by atoms with Gasteiger partial charge in [0.25, 0.3) is 0 Å². The van der Waals surface area contributed by atoms with Crippen molar-refractivity contribution in [3.05, 3.63) is 0 Å². The number of piperidine rings is 1. The predicted octanol–water partition coefficient (Wildman–Crippen LogP) is 1.31. The molecule has 0 radical (unpaired) electrons. The third-order valence-electron chi connectivity index (χ3n) is 3.31. The highest BCUT2D eigenvalue weighted by molar-refractivity contribution is 5.85. The van der Waals surface area contributed by atoms with Gasteiger partial charge in [-0.2, -0.15) is 0 Å². The molecule has 2 aliphatic rings. The van der Waals surface area contributed by atoms with Crippen molar-refractivity contribution >= 4 is 5.78 Å². The Bertz CT molecular complexity index is 174. The highest BCUT2D eigenvalue weighted by Gasteiger charge is 2.36. The summed E-state index contributed by atoms with van der Waals surface area (Å²) in [4.78, 5) is 14.1. The fourth-order valence-corrected chi connectivity index (χ4v) is 2.55. The molecular weight excluding hydrogens is 150 g/mol. The van der Waals surface area contributed by atoms with Crippen LogP contribution >= 0.6 is 0 Å². The second kappa shape index (κ2) is 3.17. The van der Waals surface area contributed by atoms with Crippen LogP contribution in [0.15, 0.2) is 0 Å². The first kappa shape index (κ1) is 8.24. The summed E-state index contributed by atoms with van der Waals surface area (Å²) in [5.74, 6) is 1.33. The van der Waals surface area contributed by atoms with E-state index in [1.54, 1.807) is 0 Å². The summed E-state index contributed by atoms with van der Waals surface area (Å²) in [6.45, 7) is 5.36. The standard InChI is InChI=1S/C10H17NO/c1-2-11-6-8-4-3-5-9(7-11)10(8)12/h8-9H,2-7H2,1H3. The van der Waals surface area contributed by atoms with E-state index in [1.165, 1.54) is 6.42 Å². The molecule has 68 valence electrons. The lowest BCUT2D eigenvalue weighted by atomic mass is 9.77. The van der Waals surface area contributed by atoms with E-state index >= 15 is 0 Å². The molecular formula is C10H17NO. The molecule has 2 bridgehead atoms. The minimum absolute atomic E-state index is 0.387. The summed E-state index contributed by atoms with van der Waals surface area (Å²) >= 11 is 0. The Morgan fingerprint density at radius 3 is 2.42 bits per heavy atom. The number of hydrogen-bond acceptors (Lipinski definition) is 2. The van der Waals surface area contributed by atoms with E-state index in [2.05, 4.69) is 11.8 Å². The van der Waals surface area contributed by atoms with E-state index in [0.717, 1.165) is 32.5 Å². The second-order valence-electron chi connectivity index (χ2n) is 4.08. The number of nitrogens with zero attached hydrogens (tertiary/aromatic N) is 1. The first-order chi connectivity index (χ1) is 5.81. The number of rotatable bonds is 1. The van der Waals surface area contributed by atoms with Gasteiger partial charge in [0, 0.05) is 24.9 Å². The summed E-state index contributed by atoms with van der Waals surface area (Å²) in [6, 6.07) is 0. The highest BCUT2D eigenvalue weighted by Crippen LogP contribution is 2.31. The summed E-state index contributed by atoms with van der Waals surface area (Å²) in [7, 11) is 0. The molecule has 2 heteroatoms. The zero-order chi connectivity index (χ0) is 8.55. The Labute approximate surface area is 73.9 Å². The lowest BCUT2D eigenvalue weighted by Crippen LogP contribution is -2.48. The van der Waals surface area contributed by atoms with Gasteiger partial charge in [0.2, 0.25) is 0 Å². The van der Waals surface area contributed by atoms with E-state index < -0.39 is 0 Å². The van der Waals surface area contributed by atoms with Crippen molar-refractivity contribution in [2.24, 2.45) is 11.8 Å². The minimum Gasteiger partial charge on any atom is -0.302 e. The molecule has 0 aromatic carbocycles. The monoisotopic (exact) mass is 167 g/mol. The van der Waals surface area contributed by atoms with Crippen LogP contribution in [-0.2, 0) is 4.79 Å². The van der Waals surface area contributed by atoms with Crippen LogP contribution in [-0.4, -0.2) is 30.3 Å². The third kappa shape index (κ3) is 1.28. The molecule has 12 heavy (non-hydrogen) atoms. The van der Waals surface area contributed by atoms with E-state index in [-0.39, 0.29) is 0 Å². The van der Waals surface area contributed by atoms with Gasteiger partial charge in [-0.1, -0.05) is 13.3 Å². The van der Waals surface area contributed by atoms with Crippen LogP contribution in [0.1, 0.15) is 26.2 Å². The average Bonchev–Trinajstić information content (AvgIpc) is 2.04. The first-order valence-corrected chi connectivity index (χ1v) is 5.07. The van der Waals surface area contributed by atoms with Crippen LogP contribution in [0, 0.1) is 11.8 Å². The first-order valence-electron chi connectivity index (χ1n) is 5.07. The molecule has 0 spiro atoms.